The third-order valence-electron chi connectivity index (χ3n) is 10.9. The molecule has 3 heterocycles. The van der Waals surface area contributed by atoms with E-state index >= 15 is 0 Å². The molecular formula is C40H46N2O6. The number of rotatable bonds is 9. The number of para-hydroxylation sites is 1. The molecule has 4 aromatic rings. The minimum absolute atomic E-state index is 0.0223. The second-order valence-electron chi connectivity index (χ2n) is 13.4. The maximum Gasteiger partial charge on any atom is 0.164 e. The summed E-state index contributed by atoms with van der Waals surface area (Å²) in [5.74, 6) is 4.47. The van der Waals surface area contributed by atoms with Gasteiger partial charge in [0.1, 0.15) is 11.5 Å². The fourth-order valence-corrected chi connectivity index (χ4v) is 8.50. The van der Waals surface area contributed by atoms with Gasteiger partial charge in [0.05, 0.1) is 41.6 Å². The molecule has 3 unspecified atom stereocenters. The molecule has 3 atom stereocenters. The number of fused-ring (bicyclic) bond motifs is 2. The van der Waals surface area contributed by atoms with Crippen LogP contribution in [0.25, 0.3) is 0 Å². The van der Waals surface area contributed by atoms with Crippen molar-refractivity contribution in [3.8, 4) is 34.5 Å². The van der Waals surface area contributed by atoms with Crippen LogP contribution in [0.15, 0.2) is 54.6 Å². The molecule has 4 aliphatic rings. The number of phenolic OH excluding ortho intramolecular Hbond substituents is 1. The molecule has 8 rings (SSSR count). The van der Waals surface area contributed by atoms with Crippen molar-refractivity contribution in [3.63, 3.8) is 0 Å². The normalized spacial score (nSPS) is 19.9. The summed E-state index contributed by atoms with van der Waals surface area (Å²) in [7, 11) is 13.0. The number of methoxy groups -OCH3 is 5. The van der Waals surface area contributed by atoms with E-state index in [-0.39, 0.29) is 18.0 Å². The van der Waals surface area contributed by atoms with Crippen molar-refractivity contribution in [2.45, 2.75) is 43.7 Å². The average Bonchev–Trinajstić information content (AvgIpc) is 3.32. The lowest BCUT2D eigenvalue weighted by atomic mass is 9.84. The zero-order valence-electron chi connectivity index (χ0n) is 29.1. The zero-order valence-corrected chi connectivity index (χ0v) is 29.1. The van der Waals surface area contributed by atoms with Gasteiger partial charge < -0.3 is 28.8 Å². The van der Waals surface area contributed by atoms with Crippen LogP contribution < -0.4 is 23.7 Å². The van der Waals surface area contributed by atoms with E-state index in [0.29, 0.717) is 12.2 Å². The van der Waals surface area contributed by atoms with Crippen LogP contribution in [-0.2, 0) is 25.7 Å². The van der Waals surface area contributed by atoms with Gasteiger partial charge in [0.15, 0.2) is 23.0 Å². The standard InChI is InChI=1S/C40H46N2O6/c1-41-13-12-23-18-35(44-3)25(14-28(23)33(41)17-24-10-8-9-11-34(24)43)15-32-29-16-26-22-42(2)39(31(29)21-38(47-6)40(32)48-7)30-20-37(46-5)36(45-4)19-27(26)30/h8-11,14,18-21,26,33,39,43H,12-13,15-17,22H2,1-7H3. The first-order valence-corrected chi connectivity index (χ1v) is 16.7. The van der Waals surface area contributed by atoms with Crippen molar-refractivity contribution < 1.29 is 28.8 Å². The van der Waals surface area contributed by atoms with Gasteiger partial charge in [-0.15, -0.1) is 0 Å². The molecular weight excluding hydrogens is 604 g/mol. The number of hydrogen-bond donors (Lipinski definition) is 1. The van der Waals surface area contributed by atoms with Crippen LogP contribution in [0.3, 0.4) is 0 Å². The van der Waals surface area contributed by atoms with E-state index in [4.69, 9.17) is 23.7 Å². The lowest BCUT2D eigenvalue weighted by Crippen LogP contribution is -2.33. The fourth-order valence-electron chi connectivity index (χ4n) is 8.50. The molecule has 3 aliphatic heterocycles. The Hall–Kier alpha value is -4.40. The minimum atomic E-state index is 0.0223. The molecule has 4 aromatic carbocycles. The molecule has 48 heavy (non-hydrogen) atoms. The fraction of sp³-hybridized carbons (Fsp3) is 0.400. The number of likely N-dealkylation sites (N-methyl/N-ethyl adjacent to an activating group) is 2. The summed E-state index contributed by atoms with van der Waals surface area (Å²) in [5.41, 5.74) is 10.8. The molecule has 0 spiro atoms. The molecule has 0 radical (unpaired) electrons. The Balaban J connectivity index is 1.37. The molecule has 2 bridgehead atoms. The molecule has 0 amide bonds. The van der Waals surface area contributed by atoms with Crippen LogP contribution in [0.2, 0.25) is 0 Å². The second kappa shape index (κ2) is 12.9. The summed E-state index contributed by atoms with van der Waals surface area (Å²) in [6.07, 6.45) is 3.15. The summed E-state index contributed by atoms with van der Waals surface area (Å²) >= 11 is 0. The molecule has 1 N–H and O–H groups in total. The highest BCUT2D eigenvalue weighted by Gasteiger charge is 2.41. The van der Waals surface area contributed by atoms with Crippen LogP contribution >= 0.6 is 0 Å². The van der Waals surface area contributed by atoms with Crippen molar-refractivity contribution in [1.82, 2.24) is 9.80 Å². The zero-order chi connectivity index (χ0) is 33.7. The topological polar surface area (TPSA) is 72.9 Å². The predicted molar refractivity (Wildman–Crippen MR) is 187 cm³/mol. The Kier molecular flexibility index (Phi) is 8.64. The minimum Gasteiger partial charge on any atom is -0.508 e. The summed E-state index contributed by atoms with van der Waals surface area (Å²) in [6, 6.07) is 18.9. The third kappa shape index (κ3) is 5.31. The lowest BCUT2D eigenvalue weighted by molar-refractivity contribution is 0.227. The first-order chi connectivity index (χ1) is 23.3. The largest absolute Gasteiger partial charge is 0.508 e. The van der Waals surface area contributed by atoms with Gasteiger partial charge in [-0.1, -0.05) is 18.2 Å². The van der Waals surface area contributed by atoms with Gasteiger partial charge in [0.2, 0.25) is 0 Å². The van der Waals surface area contributed by atoms with Crippen molar-refractivity contribution in [2.75, 3.05) is 62.7 Å². The van der Waals surface area contributed by atoms with E-state index in [2.05, 4.69) is 54.2 Å². The number of ether oxygens (including phenoxy) is 5. The van der Waals surface area contributed by atoms with E-state index in [1.165, 1.54) is 33.4 Å². The third-order valence-corrected chi connectivity index (χ3v) is 10.9. The maximum absolute atomic E-state index is 10.7. The van der Waals surface area contributed by atoms with Gasteiger partial charge in [-0.2, -0.15) is 0 Å². The second-order valence-corrected chi connectivity index (χ2v) is 13.4. The van der Waals surface area contributed by atoms with Gasteiger partial charge >= 0.3 is 0 Å². The highest BCUT2D eigenvalue weighted by molar-refractivity contribution is 5.63. The van der Waals surface area contributed by atoms with E-state index in [0.717, 1.165) is 77.8 Å². The molecule has 0 saturated heterocycles. The van der Waals surface area contributed by atoms with Gasteiger partial charge in [-0.05, 0) is 114 Å². The van der Waals surface area contributed by atoms with Crippen LogP contribution in [0, 0.1) is 0 Å². The van der Waals surface area contributed by atoms with Crippen molar-refractivity contribution >= 4 is 0 Å². The predicted octanol–water partition coefficient (Wildman–Crippen LogP) is 6.47. The van der Waals surface area contributed by atoms with Crippen molar-refractivity contribution in [2.24, 2.45) is 0 Å². The van der Waals surface area contributed by atoms with Crippen LogP contribution in [0.4, 0.5) is 0 Å². The number of benzene rings is 4. The first kappa shape index (κ1) is 32.2. The molecule has 0 aromatic heterocycles. The lowest BCUT2D eigenvalue weighted by Gasteiger charge is -2.37. The van der Waals surface area contributed by atoms with Crippen molar-refractivity contribution in [1.29, 1.82) is 0 Å². The Bertz CT molecular complexity index is 1850. The molecule has 252 valence electrons. The molecule has 8 nitrogen and oxygen atoms in total. The Labute approximate surface area is 283 Å². The highest BCUT2D eigenvalue weighted by Crippen LogP contribution is 2.53. The Morgan fingerprint density at radius 3 is 2.08 bits per heavy atom. The monoisotopic (exact) mass is 650 g/mol. The number of phenols is 1. The van der Waals surface area contributed by atoms with Crippen LogP contribution in [-0.4, -0.2) is 77.6 Å². The Morgan fingerprint density at radius 1 is 0.708 bits per heavy atom. The summed E-state index contributed by atoms with van der Waals surface area (Å²) in [6.45, 7) is 1.87. The van der Waals surface area contributed by atoms with E-state index in [1.54, 1.807) is 41.6 Å². The van der Waals surface area contributed by atoms with Crippen molar-refractivity contribution in [3.05, 3.63) is 105 Å². The molecule has 1 aliphatic carbocycles. The summed E-state index contributed by atoms with van der Waals surface area (Å²) in [4.78, 5) is 4.84. The summed E-state index contributed by atoms with van der Waals surface area (Å²) < 4.78 is 29.8. The number of nitrogens with zero attached hydrogens (tertiary/aromatic N) is 2. The Morgan fingerprint density at radius 2 is 1.40 bits per heavy atom. The van der Waals surface area contributed by atoms with E-state index in [9.17, 15) is 5.11 Å². The number of hydrogen-bond acceptors (Lipinski definition) is 8. The summed E-state index contributed by atoms with van der Waals surface area (Å²) in [5, 5.41) is 10.7. The quantitative estimate of drug-likeness (QED) is 0.221. The smallest absolute Gasteiger partial charge is 0.164 e. The first-order valence-electron chi connectivity index (χ1n) is 16.7. The van der Waals surface area contributed by atoms with Gasteiger partial charge in [0.25, 0.3) is 0 Å². The maximum atomic E-state index is 10.7. The van der Waals surface area contributed by atoms with Crippen LogP contribution in [0.1, 0.15) is 68.1 Å². The van der Waals surface area contributed by atoms with E-state index < -0.39 is 0 Å². The van der Waals surface area contributed by atoms with Crippen LogP contribution in [0.5, 0.6) is 34.5 Å². The molecule has 0 saturated carbocycles. The molecule has 8 heteroatoms. The SMILES string of the molecule is COc1cc2c(cc1Cc1c3c(cc(OC)c1OC)C1c4cc(OC)c(OC)cc4C(C3)CN1C)C(Cc1ccccc1O)N(C)CC2. The highest BCUT2D eigenvalue weighted by atomic mass is 16.5. The van der Waals surface area contributed by atoms with E-state index in [1.807, 2.05) is 18.2 Å². The number of aromatic hydroxyl groups is 1. The average molecular weight is 651 g/mol. The molecule has 0 fully saturated rings. The van der Waals surface area contributed by atoms with Gasteiger partial charge in [-0.25, -0.2) is 0 Å². The van der Waals surface area contributed by atoms with Gasteiger partial charge in [-0.3, -0.25) is 9.80 Å². The van der Waals surface area contributed by atoms with Gasteiger partial charge in [0, 0.05) is 37.0 Å².